The molecule has 1 amide bonds. The topological polar surface area (TPSA) is 77.3 Å². The molecule has 0 atom stereocenters. The van der Waals surface area contributed by atoms with Gasteiger partial charge in [-0.3, -0.25) is 9.10 Å². The van der Waals surface area contributed by atoms with Crippen LogP contribution in [0.2, 0.25) is 0 Å². The first kappa shape index (κ1) is 18.1. The van der Waals surface area contributed by atoms with E-state index in [0.717, 1.165) is 47.1 Å². The molecule has 2 aliphatic rings. The Kier molecular flexibility index (Phi) is 4.51. The summed E-state index contributed by atoms with van der Waals surface area (Å²) in [5.74, 6) is -0.374. The molecule has 1 aromatic heterocycles. The van der Waals surface area contributed by atoms with Gasteiger partial charge in [0, 0.05) is 38.0 Å². The van der Waals surface area contributed by atoms with E-state index in [1.807, 2.05) is 18.2 Å². The summed E-state index contributed by atoms with van der Waals surface area (Å²) in [5, 5.41) is 0.858. The van der Waals surface area contributed by atoms with Crippen LogP contribution in [0.25, 0.3) is 11.0 Å². The van der Waals surface area contributed by atoms with Crippen LogP contribution in [0.3, 0.4) is 0 Å². The summed E-state index contributed by atoms with van der Waals surface area (Å²) >= 11 is 0. The maximum Gasteiger partial charge on any atom is 0.328 e. The number of hydrogen-bond acceptors (Lipinski definition) is 6. The standard InChI is InChI=1S/C18H24N4O4S/c1-3-17(23)22-10-9-21(27(22,24)25)15-12-14-4-11-26-18(14)16(13-15)20-7-5-19(2)6-8-20/h4,11-13H,3,5-10H2,1-2H3. The number of amides is 1. The van der Waals surface area contributed by atoms with Crippen molar-refractivity contribution in [2.75, 3.05) is 55.5 Å². The predicted octanol–water partition coefficient (Wildman–Crippen LogP) is 1.49. The zero-order chi connectivity index (χ0) is 19.2. The molecule has 9 heteroatoms. The van der Waals surface area contributed by atoms with Crippen molar-refractivity contribution in [1.82, 2.24) is 9.21 Å². The first-order chi connectivity index (χ1) is 12.9. The summed E-state index contributed by atoms with van der Waals surface area (Å²) in [7, 11) is -1.75. The van der Waals surface area contributed by atoms with Gasteiger partial charge in [-0.1, -0.05) is 6.92 Å². The van der Waals surface area contributed by atoms with Gasteiger partial charge in [0.15, 0.2) is 5.58 Å². The van der Waals surface area contributed by atoms with Crippen LogP contribution in [0, 0.1) is 0 Å². The Bertz CT molecular complexity index is 963. The van der Waals surface area contributed by atoms with E-state index >= 15 is 0 Å². The lowest BCUT2D eigenvalue weighted by Crippen LogP contribution is -2.44. The number of carbonyl (C=O) groups is 1. The second-order valence-electron chi connectivity index (χ2n) is 6.99. The Morgan fingerprint density at radius 1 is 1.11 bits per heavy atom. The lowest BCUT2D eigenvalue weighted by atomic mass is 10.1. The maximum absolute atomic E-state index is 12.9. The second-order valence-corrected chi connectivity index (χ2v) is 8.77. The lowest BCUT2D eigenvalue weighted by molar-refractivity contribution is -0.125. The molecule has 0 saturated carbocycles. The van der Waals surface area contributed by atoms with Crippen LogP contribution in [0.4, 0.5) is 11.4 Å². The van der Waals surface area contributed by atoms with E-state index in [0.29, 0.717) is 5.69 Å². The molecule has 27 heavy (non-hydrogen) atoms. The van der Waals surface area contributed by atoms with Crippen LogP contribution in [0.5, 0.6) is 0 Å². The van der Waals surface area contributed by atoms with Crippen LogP contribution < -0.4 is 9.21 Å². The Hall–Kier alpha value is -2.26. The Morgan fingerprint density at radius 3 is 2.56 bits per heavy atom. The van der Waals surface area contributed by atoms with E-state index in [2.05, 4.69) is 16.8 Å². The minimum atomic E-state index is -3.84. The van der Waals surface area contributed by atoms with E-state index in [9.17, 15) is 13.2 Å². The van der Waals surface area contributed by atoms with Crippen LogP contribution in [-0.4, -0.2) is 69.8 Å². The molecule has 4 rings (SSSR count). The zero-order valence-electron chi connectivity index (χ0n) is 15.6. The quantitative estimate of drug-likeness (QED) is 0.788. The molecule has 0 unspecified atom stereocenters. The van der Waals surface area contributed by atoms with Crippen molar-refractivity contribution in [2.45, 2.75) is 13.3 Å². The van der Waals surface area contributed by atoms with E-state index < -0.39 is 10.2 Å². The van der Waals surface area contributed by atoms with E-state index in [-0.39, 0.29) is 25.4 Å². The van der Waals surface area contributed by atoms with Crippen molar-refractivity contribution in [3.8, 4) is 0 Å². The number of nitrogens with zero attached hydrogens (tertiary/aromatic N) is 4. The molecule has 2 fully saturated rings. The fourth-order valence-corrected chi connectivity index (χ4v) is 5.32. The molecule has 2 saturated heterocycles. The number of furan rings is 1. The normalized spacial score (nSPS) is 20.6. The van der Waals surface area contributed by atoms with Gasteiger partial charge in [-0.25, -0.2) is 4.31 Å². The summed E-state index contributed by atoms with van der Waals surface area (Å²) in [5.41, 5.74) is 2.24. The first-order valence-corrected chi connectivity index (χ1v) is 10.6. The van der Waals surface area contributed by atoms with Crippen molar-refractivity contribution in [2.24, 2.45) is 0 Å². The first-order valence-electron chi connectivity index (χ1n) is 9.20. The molecule has 0 aliphatic carbocycles. The van der Waals surface area contributed by atoms with Gasteiger partial charge in [0.05, 0.1) is 30.7 Å². The number of carbonyl (C=O) groups excluding carboxylic acids is 1. The van der Waals surface area contributed by atoms with Gasteiger partial charge in [0.2, 0.25) is 5.91 Å². The lowest BCUT2D eigenvalue weighted by Gasteiger charge is -2.34. The molecular weight excluding hydrogens is 368 g/mol. The summed E-state index contributed by atoms with van der Waals surface area (Å²) in [4.78, 5) is 16.5. The molecular formula is C18H24N4O4S. The second kappa shape index (κ2) is 6.72. The number of rotatable bonds is 3. The predicted molar refractivity (Wildman–Crippen MR) is 104 cm³/mol. The molecule has 8 nitrogen and oxygen atoms in total. The summed E-state index contributed by atoms with van der Waals surface area (Å²) in [6.45, 7) is 5.69. The number of benzene rings is 1. The minimum absolute atomic E-state index is 0.167. The summed E-state index contributed by atoms with van der Waals surface area (Å²) in [6, 6.07) is 5.53. The average molecular weight is 392 g/mol. The highest BCUT2D eigenvalue weighted by Crippen LogP contribution is 2.36. The monoisotopic (exact) mass is 392 g/mol. The fourth-order valence-electron chi connectivity index (χ4n) is 3.70. The summed E-state index contributed by atoms with van der Waals surface area (Å²) < 4.78 is 33.8. The van der Waals surface area contributed by atoms with Crippen LogP contribution in [0.1, 0.15) is 13.3 Å². The van der Waals surface area contributed by atoms with E-state index in [1.54, 1.807) is 13.2 Å². The molecule has 2 aliphatic heterocycles. The highest BCUT2D eigenvalue weighted by atomic mass is 32.2. The van der Waals surface area contributed by atoms with Crippen LogP contribution in [0.15, 0.2) is 28.9 Å². The zero-order valence-corrected chi connectivity index (χ0v) is 16.4. The van der Waals surface area contributed by atoms with Gasteiger partial charge < -0.3 is 14.2 Å². The molecule has 0 spiro atoms. The van der Waals surface area contributed by atoms with Crippen molar-refractivity contribution in [1.29, 1.82) is 0 Å². The fraction of sp³-hybridized carbons (Fsp3) is 0.500. The van der Waals surface area contributed by atoms with Gasteiger partial charge in [0.1, 0.15) is 0 Å². The molecule has 0 radical (unpaired) electrons. The summed E-state index contributed by atoms with van der Waals surface area (Å²) in [6.07, 6.45) is 1.79. The number of piperazine rings is 1. The number of likely N-dealkylation sites (N-methyl/N-ethyl adjacent to an activating group) is 1. The number of fused-ring (bicyclic) bond motifs is 1. The molecule has 2 aromatic rings. The van der Waals surface area contributed by atoms with Crippen LogP contribution in [-0.2, 0) is 15.0 Å². The van der Waals surface area contributed by atoms with Crippen molar-refractivity contribution in [3.63, 3.8) is 0 Å². The highest BCUT2D eigenvalue weighted by molar-refractivity contribution is 7.91. The Balaban J connectivity index is 1.74. The average Bonchev–Trinajstić information content (AvgIpc) is 3.24. The van der Waals surface area contributed by atoms with Crippen molar-refractivity contribution >= 4 is 38.5 Å². The largest absolute Gasteiger partial charge is 0.462 e. The molecule has 146 valence electrons. The number of anilines is 2. The molecule has 1 aromatic carbocycles. The SMILES string of the molecule is CCC(=O)N1CCN(c2cc(N3CCN(C)CC3)c3occc3c2)S1(=O)=O. The van der Waals surface area contributed by atoms with Gasteiger partial charge in [-0.05, 0) is 25.2 Å². The van der Waals surface area contributed by atoms with Crippen molar-refractivity contribution < 1.29 is 17.6 Å². The van der Waals surface area contributed by atoms with E-state index in [4.69, 9.17) is 4.42 Å². The third-order valence-electron chi connectivity index (χ3n) is 5.29. The van der Waals surface area contributed by atoms with Gasteiger partial charge >= 0.3 is 10.2 Å². The number of hydrogen-bond donors (Lipinski definition) is 0. The highest BCUT2D eigenvalue weighted by Gasteiger charge is 2.39. The Labute approximate surface area is 159 Å². The van der Waals surface area contributed by atoms with Crippen molar-refractivity contribution in [3.05, 3.63) is 24.5 Å². The van der Waals surface area contributed by atoms with Gasteiger partial charge in [-0.2, -0.15) is 8.42 Å². The third-order valence-corrected chi connectivity index (χ3v) is 7.19. The minimum Gasteiger partial charge on any atom is -0.462 e. The third kappa shape index (κ3) is 3.04. The van der Waals surface area contributed by atoms with E-state index in [1.165, 1.54) is 4.31 Å². The van der Waals surface area contributed by atoms with Gasteiger partial charge in [-0.15, -0.1) is 0 Å². The Morgan fingerprint density at radius 2 is 1.85 bits per heavy atom. The van der Waals surface area contributed by atoms with Gasteiger partial charge in [0.25, 0.3) is 0 Å². The molecule has 3 heterocycles. The smallest absolute Gasteiger partial charge is 0.328 e. The molecule has 0 N–H and O–H groups in total. The van der Waals surface area contributed by atoms with Crippen LogP contribution >= 0.6 is 0 Å². The maximum atomic E-state index is 12.9. The molecule has 0 bridgehead atoms.